The van der Waals surface area contributed by atoms with Crippen molar-refractivity contribution in [3.05, 3.63) is 35.9 Å². The monoisotopic (exact) mass is 320 g/mol. The van der Waals surface area contributed by atoms with Gasteiger partial charge in [-0.15, -0.1) is 0 Å². The summed E-state index contributed by atoms with van der Waals surface area (Å²) in [4.78, 5) is 24.0. The van der Waals surface area contributed by atoms with Crippen molar-refractivity contribution < 1.29 is 14.3 Å². The quantitative estimate of drug-likeness (QED) is 0.514. The lowest BCUT2D eigenvalue weighted by Gasteiger charge is -2.18. The van der Waals surface area contributed by atoms with Crippen molar-refractivity contribution >= 4 is 12.0 Å². The number of rotatable bonds is 10. The second-order valence-corrected chi connectivity index (χ2v) is 5.46. The molecule has 128 valence electrons. The zero-order valence-electron chi connectivity index (χ0n) is 14.1. The minimum atomic E-state index is -0.673. The number of nitrogens with one attached hydrogen (secondary N) is 2. The summed E-state index contributed by atoms with van der Waals surface area (Å²) < 4.78 is 5.05. The Hall–Kier alpha value is -2.04. The van der Waals surface area contributed by atoms with Crippen LogP contribution in [0.15, 0.2) is 30.3 Å². The molecule has 0 aromatic heterocycles. The number of hydrogen-bond acceptors (Lipinski definition) is 3. The van der Waals surface area contributed by atoms with Gasteiger partial charge < -0.3 is 15.4 Å². The summed E-state index contributed by atoms with van der Waals surface area (Å²) in [5, 5.41) is 5.51. The van der Waals surface area contributed by atoms with Gasteiger partial charge in [0.05, 0.1) is 6.61 Å². The second-order valence-electron chi connectivity index (χ2n) is 5.46. The maximum absolute atomic E-state index is 12.0. The first kappa shape index (κ1) is 19.0. The van der Waals surface area contributed by atoms with E-state index in [0.717, 1.165) is 24.8 Å². The van der Waals surface area contributed by atoms with Gasteiger partial charge in [0.25, 0.3) is 0 Å². The summed E-state index contributed by atoms with van der Waals surface area (Å²) in [6.45, 7) is 4.82. The minimum Gasteiger partial charge on any atom is -0.464 e. The first-order valence-electron chi connectivity index (χ1n) is 8.42. The van der Waals surface area contributed by atoms with E-state index in [0.29, 0.717) is 19.6 Å². The summed E-state index contributed by atoms with van der Waals surface area (Å²) in [5.41, 5.74) is 0.980. The first-order valence-corrected chi connectivity index (χ1v) is 8.42. The predicted octanol–water partition coefficient (Wildman–Crippen LogP) is 3.04. The Balaban J connectivity index is 2.48. The highest BCUT2D eigenvalue weighted by atomic mass is 16.5. The first-order chi connectivity index (χ1) is 11.2. The average Bonchev–Trinajstić information content (AvgIpc) is 2.55. The number of carbonyl (C=O) groups excluding carboxylic acids is 2. The molecule has 23 heavy (non-hydrogen) atoms. The molecule has 1 rings (SSSR count). The smallest absolute Gasteiger partial charge is 0.329 e. The van der Waals surface area contributed by atoms with Gasteiger partial charge in [-0.25, -0.2) is 9.59 Å². The van der Waals surface area contributed by atoms with Crippen LogP contribution in [-0.4, -0.2) is 31.2 Å². The van der Waals surface area contributed by atoms with Gasteiger partial charge in [-0.05, 0) is 18.9 Å². The Bertz CT molecular complexity index is 463. The van der Waals surface area contributed by atoms with Crippen LogP contribution in [-0.2, 0) is 16.0 Å². The summed E-state index contributed by atoms with van der Waals surface area (Å²) in [7, 11) is 0. The van der Waals surface area contributed by atoms with Crippen LogP contribution in [0.2, 0.25) is 0 Å². The van der Waals surface area contributed by atoms with E-state index in [-0.39, 0.29) is 6.03 Å². The van der Waals surface area contributed by atoms with Crippen LogP contribution >= 0.6 is 0 Å². The lowest BCUT2D eigenvalue weighted by atomic mass is 10.1. The zero-order chi connectivity index (χ0) is 16.9. The van der Waals surface area contributed by atoms with E-state index in [9.17, 15) is 9.59 Å². The third-order valence-electron chi connectivity index (χ3n) is 3.47. The third-order valence-corrected chi connectivity index (χ3v) is 3.47. The summed E-state index contributed by atoms with van der Waals surface area (Å²) >= 11 is 0. The van der Waals surface area contributed by atoms with Crippen LogP contribution in [0.3, 0.4) is 0 Å². The van der Waals surface area contributed by atoms with Gasteiger partial charge in [0.15, 0.2) is 0 Å². The Morgan fingerprint density at radius 2 is 1.83 bits per heavy atom. The van der Waals surface area contributed by atoms with Crippen molar-refractivity contribution in [2.45, 2.75) is 52.0 Å². The fourth-order valence-corrected chi connectivity index (χ4v) is 2.25. The largest absolute Gasteiger partial charge is 0.464 e. The predicted molar refractivity (Wildman–Crippen MR) is 91.2 cm³/mol. The van der Waals surface area contributed by atoms with Gasteiger partial charge in [-0.2, -0.15) is 0 Å². The van der Waals surface area contributed by atoms with Crippen molar-refractivity contribution in [2.75, 3.05) is 13.2 Å². The third kappa shape index (κ3) is 8.24. The van der Waals surface area contributed by atoms with E-state index in [2.05, 4.69) is 17.6 Å². The van der Waals surface area contributed by atoms with Crippen LogP contribution in [0.5, 0.6) is 0 Å². The van der Waals surface area contributed by atoms with E-state index in [1.54, 1.807) is 6.92 Å². The number of amides is 2. The van der Waals surface area contributed by atoms with Gasteiger partial charge in [0, 0.05) is 13.0 Å². The Morgan fingerprint density at radius 3 is 2.48 bits per heavy atom. The maximum atomic E-state index is 12.0. The van der Waals surface area contributed by atoms with Crippen LogP contribution in [0.4, 0.5) is 4.79 Å². The summed E-state index contributed by atoms with van der Waals surface area (Å²) in [6.07, 6.45) is 4.80. The SMILES string of the molecule is CCCCCCNC(=O)N[C@H](Cc1ccccc1)C(=O)OCC. The number of esters is 1. The number of ether oxygens (including phenoxy) is 1. The van der Waals surface area contributed by atoms with Gasteiger partial charge in [0.2, 0.25) is 0 Å². The van der Waals surface area contributed by atoms with E-state index < -0.39 is 12.0 Å². The molecule has 0 spiro atoms. The van der Waals surface area contributed by atoms with Crippen LogP contribution in [0.25, 0.3) is 0 Å². The van der Waals surface area contributed by atoms with Crippen LogP contribution in [0, 0.1) is 0 Å². The maximum Gasteiger partial charge on any atom is 0.329 e. The van der Waals surface area contributed by atoms with Crippen molar-refractivity contribution in [2.24, 2.45) is 0 Å². The molecular weight excluding hydrogens is 292 g/mol. The lowest BCUT2D eigenvalue weighted by molar-refractivity contribution is -0.145. The standard InChI is InChI=1S/C18H28N2O3/c1-3-5-6-10-13-19-18(22)20-16(17(21)23-4-2)14-15-11-8-7-9-12-15/h7-9,11-12,16H,3-6,10,13-14H2,1-2H3,(H2,19,20,22)/t16-/m1/s1. The molecule has 0 heterocycles. The molecule has 0 bridgehead atoms. The van der Waals surface area contributed by atoms with Gasteiger partial charge in [-0.3, -0.25) is 0 Å². The minimum absolute atomic E-state index is 0.296. The summed E-state index contributed by atoms with van der Waals surface area (Å²) in [6, 6.07) is 8.59. The fraction of sp³-hybridized carbons (Fsp3) is 0.556. The molecule has 2 amide bonds. The van der Waals surface area contributed by atoms with E-state index >= 15 is 0 Å². The molecule has 1 aromatic carbocycles. The van der Waals surface area contributed by atoms with E-state index in [4.69, 9.17) is 4.74 Å². The molecule has 0 saturated carbocycles. The molecule has 0 aliphatic carbocycles. The van der Waals surface area contributed by atoms with E-state index in [1.165, 1.54) is 6.42 Å². The average molecular weight is 320 g/mol. The Kier molecular flexibility index (Phi) is 9.52. The number of benzene rings is 1. The molecule has 0 saturated heterocycles. The molecule has 0 unspecified atom stereocenters. The molecule has 0 aliphatic heterocycles. The molecule has 0 fully saturated rings. The van der Waals surface area contributed by atoms with Crippen molar-refractivity contribution in [3.8, 4) is 0 Å². The van der Waals surface area contributed by atoms with Crippen molar-refractivity contribution in [3.63, 3.8) is 0 Å². The normalized spacial score (nSPS) is 11.6. The summed E-state index contributed by atoms with van der Waals surface area (Å²) in [5.74, 6) is -0.405. The van der Waals surface area contributed by atoms with Gasteiger partial charge in [0.1, 0.15) is 6.04 Å². The number of urea groups is 1. The molecule has 2 N–H and O–H groups in total. The molecule has 0 radical (unpaired) electrons. The topological polar surface area (TPSA) is 67.4 Å². The highest BCUT2D eigenvalue weighted by Crippen LogP contribution is 2.05. The second kappa shape index (κ2) is 11.5. The molecule has 1 aromatic rings. The van der Waals surface area contributed by atoms with Crippen molar-refractivity contribution in [1.82, 2.24) is 10.6 Å². The highest BCUT2D eigenvalue weighted by Gasteiger charge is 2.22. The number of unbranched alkanes of at least 4 members (excludes halogenated alkanes) is 3. The van der Waals surface area contributed by atoms with Crippen molar-refractivity contribution in [1.29, 1.82) is 0 Å². The molecular formula is C18H28N2O3. The Morgan fingerprint density at radius 1 is 1.09 bits per heavy atom. The molecule has 5 nitrogen and oxygen atoms in total. The van der Waals surface area contributed by atoms with Gasteiger partial charge >= 0.3 is 12.0 Å². The van der Waals surface area contributed by atoms with Crippen LogP contribution in [0.1, 0.15) is 45.1 Å². The lowest BCUT2D eigenvalue weighted by Crippen LogP contribution is -2.48. The Labute approximate surface area is 138 Å². The number of carbonyl (C=O) groups is 2. The van der Waals surface area contributed by atoms with Crippen LogP contribution < -0.4 is 10.6 Å². The molecule has 0 aliphatic rings. The molecule has 1 atom stereocenters. The molecule has 5 heteroatoms. The fourth-order valence-electron chi connectivity index (χ4n) is 2.25. The zero-order valence-corrected chi connectivity index (χ0v) is 14.1. The number of hydrogen-bond donors (Lipinski definition) is 2. The van der Waals surface area contributed by atoms with E-state index in [1.807, 2.05) is 30.3 Å². The highest BCUT2D eigenvalue weighted by molar-refractivity contribution is 5.83. The van der Waals surface area contributed by atoms with Gasteiger partial charge in [-0.1, -0.05) is 56.5 Å².